The van der Waals surface area contributed by atoms with Gasteiger partial charge in [-0.1, -0.05) is 54.6 Å². The first-order chi connectivity index (χ1) is 11.1. The van der Waals surface area contributed by atoms with Crippen LogP contribution in [0.25, 0.3) is 21.6 Å². The van der Waals surface area contributed by atoms with Crippen molar-refractivity contribution in [2.45, 2.75) is 6.92 Å². The van der Waals surface area contributed by atoms with E-state index in [-0.39, 0.29) is 5.97 Å². The van der Waals surface area contributed by atoms with Gasteiger partial charge in [0.15, 0.2) is 0 Å². The third-order valence-electron chi connectivity index (χ3n) is 3.82. The van der Waals surface area contributed by atoms with Gasteiger partial charge in [-0.25, -0.2) is 4.79 Å². The molecule has 3 aromatic rings. The number of anilines is 1. The maximum absolute atomic E-state index is 11.8. The van der Waals surface area contributed by atoms with Crippen LogP contribution in [-0.4, -0.2) is 13.1 Å². The number of methoxy groups -OCH3 is 1. The maximum Gasteiger partial charge on any atom is 0.350 e. The first-order valence-electron chi connectivity index (χ1n) is 7.25. The van der Waals surface area contributed by atoms with E-state index >= 15 is 0 Å². The molecule has 0 radical (unpaired) electrons. The van der Waals surface area contributed by atoms with E-state index in [0.717, 1.165) is 21.6 Å². The molecule has 1 heterocycles. The summed E-state index contributed by atoms with van der Waals surface area (Å²) < 4.78 is 4.79. The average molecular weight is 323 g/mol. The number of nitrogens with two attached hydrogens (primary N) is 1. The van der Waals surface area contributed by atoms with Crippen molar-refractivity contribution in [2.75, 3.05) is 12.8 Å². The summed E-state index contributed by atoms with van der Waals surface area (Å²) in [7, 11) is 1.37. The van der Waals surface area contributed by atoms with Gasteiger partial charge in [0.2, 0.25) is 0 Å². The summed E-state index contributed by atoms with van der Waals surface area (Å²) in [5.41, 5.74) is 10.9. The minimum Gasteiger partial charge on any atom is -0.465 e. The number of esters is 1. The lowest BCUT2D eigenvalue weighted by Crippen LogP contribution is -2.01. The predicted molar refractivity (Wildman–Crippen MR) is 95.7 cm³/mol. The van der Waals surface area contributed by atoms with Crippen molar-refractivity contribution >= 4 is 23.0 Å². The van der Waals surface area contributed by atoms with Crippen LogP contribution in [0.1, 0.15) is 15.2 Å². The van der Waals surface area contributed by atoms with Crippen molar-refractivity contribution in [1.82, 2.24) is 0 Å². The molecule has 23 heavy (non-hydrogen) atoms. The van der Waals surface area contributed by atoms with E-state index in [0.29, 0.717) is 10.6 Å². The van der Waals surface area contributed by atoms with E-state index in [4.69, 9.17) is 10.5 Å². The highest BCUT2D eigenvalue weighted by Gasteiger charge is 2.19. The Morgan fingerprint density at radius 1 is 0.957 bits per heavy atom. The van der Waals surface area contributed by atoms with Crippen molar-refractivity contribution in [1.29, 1.82) is 0 Å². The van der Waals surface area contributed by atoms with Crippen LogP contribution in [0.2, 0.25) is 0 Å². The molecule has 0 fully saturated rings. The summed E-state index contributed by atoms with van der Waals surface area (Å²) in [5, 5.41) is 0. The highest BCUT2D eigenvalue weighted by atomic mass is 32.1. The van der Waals surface area contributed by atoms with Gasteiger partial charge in [0.1, 0.15) is 4.88 Å². The van der Waals surface area contributed by atoms with E-state index in [9.17, 15) is 4.79 Å². The zero-order valence-electron chi connectivity index (χ0n) is 13.0. The van der Waals surface area contributed by atoms with Gasteiger partial charge in [-0.2, -0.15) is 0 Å². The summed E-state index contributed by atoms with van der Waals surface area (Å²) in [6.07, 6.45) is 0. The van der Waals surface area contributed by atoms with Gasteiger partial charge in [0.25, 0.3) is 0 Å². The topological polar surface area (TPSA) is 52.3 Å². The molecule has 0 atom stereocenters. The van der Waals surface area contributed by atoms with Gasteiger partial charge in [-0.05, 0) is 29.2 Å². The number of ether oxygens (including phenoxy) is 1. The Hall–Kier alpha value is -2.59. The van der Waals surface area contributed by atoms with Gasteiger partial charge in [-0.3, -0.25) is 0 Å². The molecule has 0 spiro atoms. The lowest BCUT2D eigenvalue weighted by molar-refractivity contribution is 0.0607. The number of benzene rings is 2. The molecule has 2 N–H and O–H groups in total. The first kappa shape index (κ1) is 15.3. The van der Waals surface area contributed by atoms with Crippen LogP contribution in [0.4, 0.5) is 5.69 Å². The van der Waals surface area contributed by atoms with Gasteiger partial charge >= 0.3 is 5.97 Å². The summed E-state index contributed by atoms with van der Waals surface area (Å²) in [5.74, 6) is -0.386. The quantitative estimate of drug-likeness (QED) is 0.707. The zero-order chi connectivity index (χ0) is 16.4. The Morgan fingerprint density at radius 2 is 1.52 bits per heavy atom. The third kappa shape index (κ3) is 2.85. The molecule has 3 nitrogen and oxygen atoms in total. The van der Waals surface area contributed by atoms with E-state index in [2.05, 4.69) is 36.4 Å². The number of rotatable bonds is 3. The van der Waals surface area contributed by atoms with Gasteiger partial charge in [-0.15, -0.1) is 11.3 Å². The van der Waals surface area contributed by atoms with E-state index < -0.39 is 0 Å². The number of hydrogen-bond acceptors (Lipinski definition) is 4. The standard InChI is InChI=1S/C19H17NO2S/c1-12-16(20)18(19(21)22-2)23-17(12)15-10-8-14(9-11-15)13-6-4-3-5-7-13/h3-11H,20H2,1-2H3. The van der Waals surface area contributed by atoms with E-state index in [1.807, 2.05) is 25.1 Å². The molecule has 2 aromatic carbocycles. The van der Waals surface area contributed by atoms with Gasteiger partial charge in [0, 0.05) is 4.88 Å². The fourth-order valence-corrected chi connectivity index (χ4v) is 3.64. The molecule has 116 valence electrons. The molecule has 0 aliphatic heterocycles. The Balaban J connectivity index is 1.99. The predicted octanol–water partition coefficient (Wildman–Crippen LogP) is 4.76. The van der Waals surface area contributed by atoms with Crippen LogP contribution in [0.3, 0.4) is 0 Å². The highest BCUT2D eigenvalue weighted by molar-refractivity contribution is 7.18. The second-order valence-electron chi connectivity index (χ2n) is 5.23. The number of thiophene rings is 1. The highest BCUT2D eigenvalue weighted by Crippen LogP contribution is 2.39. The second kappa shape index (κ2) is 6.26. The number of carbonyl (C=O) groups excluding carboxylic acids is 1. The SMILES string of the molecule is COC(=O)c1sc(-c2ccc(-c3ccccc3)cc2)c(C)c1N. The summed E-state index contributed by atoms with van der Waals surface area (Å²) >= 11 is 1.37. The molecule has 0 aliphatic rings. The van der Waals surface area contributed by atoms with Crippen LogP contribution in [0.5, 0.6) is 0 Å². The molecule has 0 saturated carbocycles. The lowest BCUT2D eigenvalue weighted by atomic mass is 10.0. The van der Waals surface area contributed by atoms with Gasteiger partial charge < -0.3 is 10.5 Å². The van der Waals surface area contributed by atoms with Crippen LogP contribution in [-0.2, 0) is 4.74 Å². The molecule has 1 aromatic heterocycles. The summed E-state index contributed by atoms with van der Waals surface area (Å²) in [4.78, 5) is 13.2. The second-order valence-corrected chi connectivity index (χ2v) is 6.25. The molecule has 3 rings (SSSR count). The van der Waals surface area contributed by atoms with Crippen molar-refractivity contribution in [3.63, 3.8) is 0 Å². The normalized spacial score (nSPS) is 10.5. The summed E-state index contributed by atoms with van der Waals surface area (Å²) in [6.45, 7) is 1.93. The fourth-order valence-electron chi connectivity index (χ4n) is 2.49. The monoisotopic (exact) mass is 323 g/mol. The lowest BCUT2D eigenvalue weighted by Gasteiger charge is -2.04. The Kier molecular flexibility index (Phi) is 4.17. The molecule has 0 amide bonds. The maximum atomic E-state index is 11.8. The number of nitrogen functional groups attached to an aromatic ring is 1. The molecule has 0 unspecified atom stereocenters. The molecule has 4 heteroatoms. The molecular formula is C19H17NO2S. The average Bonchev–Trinajstić information content (AvgIpc) is 2.91. The van der Waals surface area contributed by atoms with Crippen LogP contribution in [0, 0.1) is 6.92 Å². The molecule has 0 bridgehead atoms. The van der Waals surface area contributed by atoms with E-state index in [1.54, 1.807) is 0 Å². The summed E-state index contributed by atoms with van der Waals surface area (Å²) in [6, 6.07) is 18.5. The zero-order valence-corrected chi connectivity index (χ0v) is 13.8. The van der Waals surface area contributed by atoms with Crippen molar-refractivity contribution in [3.05, 3.63) is 65.0 Å². The van der Waals surface area contributed by atoms with Crippen molar-refractivity contribution < 1.29 is 9.53 Å². The van der Waals surface area contributed by atoms with Crippen LogP contribution in [0.15, 0.2) is 54.6 Å². The largest absolute Gasteiger partial charge is 0.465 e. The molecular weight excluding hydrogens is 306 g/mol. The molecule has 0 saturated heterocycles. The van der Waals surface area contributed by atoms with Crippen molar-refractivity contribution in [3.8, 4) is 21.6 Å². The number of carbonyl (C=O) groups is 1. The van der Waals surface area contributed by atoms with Gasteiger partial charge in [0.05, 0.1) is 12.8 Å². The Labute approximate surface area is 139 Å². The third-order valence-corrected chi connectivity index (χ3v) is 5.16. The minimum absolute atomic E-state index is 0.386. The first-order valence-corrected chi connectivity index (χ1v) is 8.06. The van der Waals surface area contributed by atoms with Crippen molar-refractivity contribution in [2.24, 2.45) is 0 Å². The molecule has 0 aliphatic carbocycles. The Morgan fingerprint density at radius 3 is 2.13 bits per heavy atom. The van der Waals surface area contributed by atoms with E-state index in [1.165, 1.54) is 24.0 Å². The smallest absolute Gasteiger partial charge is 0.350 e. The fraction of sp³-hybridized carbons (Fsp3) is 0.105. The minimum atomic E-state index is -0.386. The van der Waals surface area contributed by atoms with Crippen LogP contribution < -0.4 is 5.73 Å². The number of hydrogen-bond donors (Lipinski definition) is 1. The Bertz CT molecular complexity index is 836. The van der Waals surface area contributed by atoms with Crippen LogP contribution >= 0.6 is 11.3 Å².